The van der Waals surface area contributed by atoms with Crippen LogP contribution in [0.3, 0.4) is 0 Å². The Morgan fingerprint density at radius 3 is 2.71 bits per heavy atom. The molecule has 1 aliphatic rings. The number of hydrogen-bond donors (Lipinski definition) is 2. The zero-order valence-electron chi connectivity index (χ0n) is 14.1. The predicted molar refractivity (Wildman–Crippen MR) is 93.6 cm³/mol. The number of carbonyl (C=O) groups excluding carboxylic acids is 2. The van der Waals surface area contributed by atoms with Crippen molar-refractivity contribution in [2.75, 3.05) is 7.11 Å². The Kier molecular flexibility index (Phi) is 5.88. The number of benzene rings is 1. The molecule has 6 nitrogen and oxygen atoms in total. The molecule has 0 unspecified atom stereocenters. The third-order valence-electron chi connectivity index (χ3n) is 3.88. The van der Waals surface area contributed by atoms with Crippen molar-refractivity contribution < 1.29 is 19.1 Å². The normalized spacial score (nSPS) is 18.5. The van der Waals surface area contributed by atoms with E-state index in [4.69, 9.17) is 9.47 Å². The van der Waals surface area contributed by atoms with Crippen molar-refractivity contribution in [3.63, 3.8) is 0 Å². The minimum absolute atomic E-state index is 0.196. The van der Waals surface area contributed by atoms with Gasteiger partial charge in [0.2, 0.25) is 0 Å². The molecule has 1 aromatic rings. The van der Waals surface area contributed by atoms with E-state index in [1.165, 1.54) is 0 Å². The largest absolute Gasteiger partial charge is 0.496 e. The van der Waals surface area contributed by atoms with Crippen LogP contribution in [-0.4, -0.2) is 25.2 Å². The number of rotatable bonds is 5. The number of esters is 1. The smallest absolute Gasteiger partial charge is 0.338 e. The highest BCUT2D eigenvalue weighted by molar-refractivity contribution is 9.10. The van der Waals surface area contributed by atoms with Crippen LogP contribution < -0.4 is 15.4 Å². The molecule has 2 rings (SSSR count). The van der Waals surface area contributed by atoms with Gasteiger partial charge in [0.05, 0.1) is 29.3 Å². The van der Waals surface area contributed by atoms with Gasteiger partial charge in [-0.1, -0.05) is 13.0 Å². The fraction of sp³-hybridized carbons (Fsp3) is 0.412. The monoisotopic (exact) mass is 396 g/mol. The average molecular weight is 397 g/mol. The third-order valence-corrected chi connectivity index (χ3v) is 4.50. The molecule has 2 amide bonds. The number of allylic oxidation sites excluding steroid dienone is 1. The molecule has 0 aliphatic carbocycles. The maximum atomic E-state index is 12.6. The highest BCUT2D eigenvalue weighted by Crippen LogP contribution is 2.33. The first kappa shape index (κ1) is 18.3. The second kappa shape index (κ2) is 7.70. The van der Waals surface area contributed by atoms with E-state index < -0.39 is 12.0 Å². The van der Waals surface area contributed by atoms with Crippen LogP contribution >= 0.6 is 15.9 Å². The van der Waals surface area contributed by atoms with Crippen LogP contribution in [0.2, 0.25) is 0 Å². The van der Waals surface area contributed by atoms with E-state index in [1.54, 1.807) is 20.1 Å². The van der Waals surface area contributed by atoms with Crippen molar-refractivity contribution in [2.45, 2.75) is 39.3 Å². The van der Waals surface area contributed by atoms with Crippen molar-refractivity contribution in [1.29, 1.82) is 0 Å². The molecule has 0 fully saturated rings. The number of halogens is 1. The highest BCUT2D eigenvalue weighted by atomic mass is 79.9. The first-order valence-electron chi connectivity index (χ1n) is 7.70. The van der Waals surface area contributed by atoms with Gasteiger partial charge in [-0.05, 0) is 53.9 Å². The third kappa shape index (κ3) is 3.90. The summed E-state index contributed by atoms with van der Waals surface area (Å²) in [6, 6.07) is 4.46. The van der Waals surface area contributed by atoms with Gasteiger partial charge in [-0.25, -0.2) is 9.59 Å². The number of hydrogen-bond acceptors (Lipinski definition) is 4. The molecule has 0 saturated carbocycles. The molecule has 2 N–H and O–H groups in total. The summed E-state index contributed by atoms with van der Waals surface area (Å²) in [6.45, 7) is 5.47. The lowest BCUT2D eigenvalue weighted by Crippen LogP contribution is -2.45. The molecule has 0 aromatic heterocycles. The van der Waals surface area contributed by atoms with E-state index in [-0.39, 0.29) is 12.1 Å². The van der Waals surface area contributed by atoms with Gasteiger partial charge in [-0.2, -0.15) is 0 Å². The second-order valence-electron chi connectivity index (χ2n) is 5.59. The highest BCUT2D eigenvalue weighted by Gasteiger charge is 2.33. The maximum absolute atomic E-state index is 12.6. The zero-order valence-corrected chi connectivity index (χ0v) is 15.7. The second-order valence-corrected chi connectivity index (χ2v) is 6.44. The van der Waals surface area contributed by atoms with E-state index in [2.05, 4.69) is 26.6 Å². The summed E-state index contributed by atoms with van der Waals surface area (Å²) in [5, 5.41) is 5.41. The van der Waals surface area contributed by atoms with Crippen LogP contribution in [0.1, 0.15) is 38.8 Å². The summed E-state index contributed by atoms with van der Waals surface area (Å²) in [5.41, 5.74) is 1.64. The lowest BCUT2D eigenvalue weighted by atomic mass is 9.95. The Hall–Kier alpha value is -2.02. The van der Waals surface area contributed by atoms with Crippen LogP contribution in [0.4, 0.5) is 4.79 Å². The molecule has 0 spiro atoms. The molecule has 0 bridgehead atoms. The van der Waals surface area contributed by atoms with Gasteiger partial charge in [0.25, 0.3) is 0 Å². The fourth-order valence-electron chi connectivity index (χ4n) is 2.41. The number of amides is 2. The van der Waals surface area contributed by atoms with Crippen molar-refractivity contribution in [3.8, 4) is 5.75 Å². The van der Waals surface area contributed by atoms with Crippen LogP contribution in [0.25, 0.3) is 0 Å². The molecule has 0 saturated heterocycles. The standard InChI is InChI=1S/C17H21BrN2O4/c1-5-9(2)24-16(21)14-10(3)19-17(22)20-15(14)11-6-7-13(23-4)12(18)8-11/h6-9,15H,5H2,1-4H3,(H2,19,20,22)/t9-,15+/m0/s1. The fourth-order valence-corrected chi connectivity index (χ4v) is 2.96. The topological polar surface area (TPSA) is 76.7 Å². The van der Waals surface area contributed by atoms with Gasteiger partial charge in [-0.15, -0.1) is 0 Å². The van der Waals surface area contributed by atoms with Gasteiger partial charge in [0.1, 0.15) is 5.75 Å². The van der Waals surface area contributed by atoms with Crippen LogP contribution in [0.5, 0.6) is 5.75 Å². The maximum Gasteiger partial charge on any atom is 0.338 e. The van der Waals surface area contributed by atoms with Gasteiger partial charge in [-0.3, -0.25) is 0 Å². The molecule has 1 aliphatic heterocycles. The summed E-state index contributed by atoms with van der Waals surface area (Å²) >= 11 is 3.43. The Morgan fingerprint density at radius 1 is 1.42 bits per heavy atom. The summed E-state index contributed by atoms with van der Waals surface area (Å²) in [6.07, 6.45) is 0.523. The Morgan fingerprint density at radius 2 is 2.12 bits per heavy atom. The average Bonchev–Trinajstić information content (AvgIpc) is 2.53. The van der Waals surface area contributed by atoms with E-state index in [0.717, 1.165) is 16.5 Å². The molecule has 0 radical (unpaired) electrons. The number of urea groups is 1. The van der Waals surface area contributed by atoms with Crippen LogP contribution in [-0.2, 0) is 9.53 Å². The summed E-state index contributed by atoms with van der Waals surface area (Å²) in [5.74, 6) is 0.231. The molecular formula is C17H21BrN2O4. The van der Waals surface area contributed by atoms with Gasteiger partial charge >= 0.3 is 12.0 Å². The van der Waals surface area contributed by atoms with E-state index >= 15 is 0 Å². The van der Waals surface area contributed by atoms with Crippen molar-refractivity contribution >= 4 is 27.9 Å². The van der Waals surface area contributed by atoms with Crippen molar-refractivity contribution in [2.24, 2.45) is 0 Å². The lowest BCUT2D eigenvalue weighted by Gasteiger charge is -2.29. The van der Waals surface area contributed by atoms with Gasteiger partial charge in [0.15, 0.2) is 0 Å². The minimum Gasteiger partial charge on any atom is -0.496 e. The molecule has 7 heteroatoms. The lowest BCUT2D eigenvalue weighted by molar-refractivity contribution is -0.144. The Bertz CT molecular complexity index is 687. The minimum atomic E-state index is -0.586. The zero-order chi connectivity index (χ0) is 17.9. The van der Waals surface area contributed by atoms with Crippen LogP contribution in [0, 0.1) is 0 Å². The molecule has 130 valence electrons. The predicted octanol–water partition coefficient (Wildman–Crippen LogP) is 3.43. The molecular weight excluding hydrogens is 376 g/mol. The van der Waals surface area contributed by atoms with Crippen molar-refractivity contribution in [3.05, 3.63) is 39.5 Å². The van der Waals surface area contributed by atoms with E-state index in [0.29, 0.717) is 17.0 Å². The first-order chi connectivity index (χ1) is 11.4. The molecule has 1 aromatic carbocycles. The van der Waals surface area contributed by atoms with Crippen LogP contribution in [0.15, 0.2) is 33.9 Å². The number of methoxy groups -OCH3 is 1. The number of ether oxygens (including phenoxy) is 2. The van der Waals surface area contributed by atoms with Gasteiger partial charge < -0.3 is 20.1 Å². The van der Waals surface area contributed by atoms with E-state index in [1.807, 2.05) is 26.0 Å². The summed E-state index contributed by atoms with van der Waals surface area (Å²) in [4.78, 5) is 24.4. The molecule has 2 atom stereocenters. The Labute approximate surface area is 149 Å². The van der Waals surface area contributed by atoms with Crippen molar-refractivity contribution in [1.82, 2.24) is 10.6 Å². The first-order valence-corrected chi connectivity index (χ1v) is 8.49. The molecule has 24 heavy (non-hydrogen) atoms. The SMILES string of the molecule is CC[C@H](C)OC(=O)C1=C(C)NC(=O)N[C@@H]1c1ccc(OC)c(Br)c1. The summed E-state index contributed by atoms with van der Waals surface area (Å²) in [7, 11) is 1.57. The Balaban J connectivity index is 2.41. The quantitative estimate of drug-likeness (QED) is 0.747. The van der Waals surface area contributed by atoms with Gasteiger partial charge in [0, 0.05) is 5.70 Å². The number of carbonyl (C=O) groups is 2. The van der Waals surface area contributed by atoms with E-state index in [9.17, 15) is 9.59 Å². The molecule has 1 heterocycles. The summed E-state index contributed by atoms with van der Waals surface area (Å²) < 4.78 is 11.4. The number of nitrogens with one attached hydrogen (secondary N) is 2.